The lowest BCUT2D eigenvalue weighted by atomic mass is 10.2. The minimum absolute atomic E-state index is 0.163. The van der Waals surface area contributed by atoms with Gasteiger partial charge in [-0.15, -0.1) is 0 Å². The van der Waals surface area contributed by atoms with E-state index < -0.39 is 6.10 Å². The van der Waals surface area contributed by atoms with Gasteiger partial charge in [-0.1, -0.05) is 13.0 Å². The zero-order valence-corrected chi connectivity index (χ0v) is 13.9. The first kappa shape index (κ1) is 16.5. The molecular formula is C17H22N4O3. The normalized spacial score (nSPS) is 18.5. The predicted octanol–water partition coefficient (Wildman–Crippen LogP) is 1.13. The summed E-state index contributed by atoms with van der Waals surface area (Å²) in [5, 5.41) is 2.88. The number of morpholine rings is 1. The summed E-state index contributed by atoms with van der Waals surface area (Å²) in [6.07, 6.45) is 1.18. The van der Waals surface area contributed by atoms with Crippen LogP contribution in [0.4, 0.5) is 5.69 Å². The Morgan fingerprint density at radius 1 is 1.46 bits per heavy atom. The average molecular weight is 330 g/mol. The number of carbonyl (C=O) groups is 1. The molecular weight excluding hydrogens is 308 g/mol. The molecule has 2 N–H and O–H groups in total. The van der Waals surface area contributed by atoms with E-state index in [0.29, 0.717) is 24.5 Å². The topological polar surface area (TPSA) is 79.4 Å². The Morgan fingerprint density at radius 3 is 3.00 bits per heavy atom. The number of ether oxygens (including phenoxy) is 1. The number of hydrogen-bond acceptors (Lipinski definition) is 4. The van der Waals surface area contributed by atoms with Crippen molar-refractivity contribution in [3.63, 3.8) is 0 Å². The fourth-order valence-electron chi connectivity index (χ4n) is 2.87. The van der Waals surface area contributed by atoms with Crippen LogP contribution in [0.2, 0.25) is 0 Å². The summed E-state index contributed by atoms with van der Waals surface area (Å²) in [6.45, 7) is 6.82. The maximum Gasteiger partial charge on any atom is 0.330 e. The van der Waals surface area contributed by atoms with Gasteiger partial charge in [-0.2, -0.15) is 0 Å². The van der Waals surface area contributed by atoms with E-state index in [4.69, 9.17) is 4.74 Å². The van der Waals surface area contributed by atoms with Crippen molar-refractivity contribution < 1.29 is 9.53 Å². The van der Waals surface area contributed by atoms with E-state index >= 15 is 0 Å². The molecule has 7 nitrogen and oxygen atoms in total. The maximum absolute atomic E-state index is 12.4. The lowest BCUT2D eigenvalue weighted by Crippen LogP contribution is -2.47. The summed E-state index contributed by atoms with van der Waals surface area (Å²) >= 11 is 0. The molecule has 2 heterocycles. The maximum atomic E-state index is 12.4. The molecule has 1 atom stereocenters. The molecule has 1 fully saturated rings. The number of rotatable bonds is 4. The number of nitrogens with zero attached hydrogens (tertiary/aromatic N) is 2. The summed E-state index contributed by atoms with van der Waals surface area (Å²) in [5.41, 5.74) is 1.95. The Hall–Kier alpha value is -2.38. The number of nitrogens with one attached hydrogen (secondary N) is 2. The van der Waals surface area contributed by atoms with Gasteiger partial charge in [0, 0.05) is 30.7 Å². The van der Waals surface area contributed by atoms with Crippen LogP contribution in [0.1, 0.15) is 12.6 Å². The summed E-state index contributed by atoms with van der Waals surface area (Å²) < 4.78 is 7.13. The third-order valence-corrected chi connectivity index (χ3v) is 4.22. The van der Waals surface area contributed by atoms with Crippen molar-refractivity contribution in [2.75, 3.05) is 31.6 Å². The molecule has 0 aliphatic carbocycles. The smallest absolute Gasteiger partial charge is 0.330 e. The molecule has 1 aromatic carbocycles. The van der Waals surface area contributed by atoms with Gasteiger partial charge >= 0.3 is 5.69 Å². The molecule has 128 valence electrons. The van der Waals surface area contributed by atoms with E-state index in [2.05, 4.69) is 22.1 Å². The third-order valence-electron chi connectivity index (χ3n) is 4.22. The second-order valence-corrected chi connectivity index (χ2v) is 5.86. The van der Waals surface area contributed by atoms with Crippen molar-refractivity contribution in [2.45, 2.75) is 20.0 Å². The van der Waals surface area contributed by atoms with Crippen molar-refractivity contribution in [1.29, 1.82) is 0 Å². The van der Waals surface area contributed by atoms with E-state index in [1.165, 1.54) is 0 Å². The van der Waals surface area contributed by atoms with Crippen LogP contribution in [0.5, 0.6) is 0 Å². The molecule has 0 bridgehead atoms. The number of anilines is 1. The average Bonchev–Trinajstić information content (AvgIpc) is 2.93. The van der Waals surface area contributed by atoms with Crippen LogP contribution >= 0.6 is 0 Å². The first-order chi connectivity index (χ1) is 11.6. The lowest BCUT2D eigenvalue weighted by Gasteiger charge is -2.31. The van der Waals surface area contributed by atoms with Gasteiger partial charge in [-0.05, 0) is 31.7 Å². The van der Waals surface area contributed by atoms with Crippen molar-refractivity contribution in [3.05, 3.63) is 46.6 Å². The zero-order chi connectivity index (χ0) is 17.1. The number of aromatic amines is 1. The number of likely N-dealkylation sites (N-methyl/N-ethyl adjacent to an activating group) is 1. The third kappa shape index (κ3) is 3.42. The molecule has 0 unspecified atom stereocenters. The highest BCUT2D eigenvalue weighted by Crippen LogP contribution is 2.16. The van der Waals surface area contributed by atoms with Crippen molar-refractivity contribution in [3.8, 4) is 5.69 Å². The summed E-state index contributed by atoms with van der Waals surface area (Å²) in [4.78, 5) is 29.1. The van der Waals surface area contributed by atoms with Crippen molar-refractivity contribution in [1.82, 2.24) is 14.5 Å². The monoisotopic (exact) mass is 330 g/mol. The second kappa shape index (κ2) is 7.02. The first-order valence-corrected chi connectivity index (χ1v) is 8.10. The molecule has 1 amide bonds. The van der Waals surface area contributed by atoms with E-state index in [0.717, 1.165) is 18.8 Å². The highest BCUT2D eigenvalue weighted by Gasteiger charge is 2.25. The number of H-pyrrole nitrogens is 1. The lowest BCUT2D eigenvalue weighted by molar-refractivity contribution is -0.132. The van der Waals surface area contributed by atoms with Crippen LogP contribution in [-0.4, -0.2) is 52.7 Å². The molecule has 24 heavy (non-hydrogen) atoms. The number of aromatic nitrogens is 2. The molecule has 0 saturated carbocycles. The Balaban J connectivity index is 1.75. The molecule has 0 spiro atoms. The summed E-state index contributed by atoms with van der Waals surface area (Å²) in [6, 6.07) is 7.22. The summed E-state index contributed by atoms with van der Waals surface area (Å²) in [5.74, 6) is -0.163. The molecule has 0 radical (unpaired) electrons. The van der Waals surface area contributed by atoms with Crippen molar-refractivity contribution in [2.24, 2.45) is 0 Å². The second-order valence-electron chi connectivity index (χ2n) is 5.86. The minimum atomic E-state index is -0.473. The Kier molecular flexibility index (Phi) is 4.82. The fraction of sp³-hybridized carbons (Fsp3) is 0.412. The predicted molar refractivity (Wildman–Crippen MR) is 91.6 cm³/mol. The molecule has 1 aromatic heterocycles. The van der Waals surface area contributed by atoms with Crippen LogP contribution in [0.15, 0.2) is 35.3 Å². The molecule has 1 saturated heterocycles. The molecule has 1 aliphatic rings. The van der Waals surface area contributed by atoms with E-state index in [-0.39, 0.29) is 11.6 Å². The number of carbonyl (C=O) groups excluding carboxylic acids is 1. The van der Waals surface area contributed by atoms with Gasteiger partial charge in [0.1, 0.15) is 6.10 Å². The van der Waals surface area contributed by atoms with Gasteiger partial charge in [0.15, 0.2) is 0 Å². The van der Waals surface area contributed by atoms with E-state index in [1.54, 1.807) is 22.9 Å². The quantitative estimate of drug-likeness (QED) is 0.881. The highest BCUT2D eigenvalue weighted by molar-refractivity contribution is 5.94. The molecule has 3 rings (SSSR count). The largest absolute Gasteiger partial charge is 0.366 e. The zero-order valence-electron chi connectivity index (χ0n) is 13.9. The summed E-state index contributed by atoms with van der Waals surface area (Å²) in [7, 11) is 0. The van der Waals surface area contributed by atoms with Gasteiger partial charge in [0.05, 0.1) is 12.3 Å². The van der Waals surface area contributed by atoms with Gasteiger partial charge < -0.3 is 15.0 Å². The van der Waals surface area contributed by atoms with Gasteiger partial charge in [-0.25, -0.2) is 4.79 Å². The SMILES string of the molecule is CCN1CCO[C@H](C(=O)Nc2cccc(-n3c(C)c[nH]c3=O)c2)C1. The van der Waals surface area contributed by atoms with Crippen LogP contribution in [0, 0.1) is 6.92 Å². The fourth-order valence-corrected chi connectivity index (χ4v) is 2.87. The first-order valence-electron chi connectivity index (χ1n) is 8.10. The van der Waals surface area contributed by atoms with Crippen LogP contribution in [0.25, 0.3) is 5.69 Å². The minimum Gasteiger partial charge on any atom is -0.366 e. The molecule has 2 aromatic rings. The number of benzene rings is 1. The molecule has 1 aliphatic heterocycles. The van der Waals surface area contributed by atoms with Crippen LogP contribution < -0.4 is 11.0 Å². The standard InChI is InChI=1S/C17H22N4O3/c1-3-20-7-8-24-15(11-20)16(22)19-13-5-4-6-14(9-13)21-12(2)10-18-17(21)23/h4-6,9-10,15H,3,7-8,11H2,1-2H3,(H,18,23)(H,19,22)/t15-/m0/s1. The van der Waals surface area contributed by atoms with E-state index in [9.17, 15) is 9.59 Å². The van der Waals surface area contributed by atoms with Gasteiger partial charge in [-0.3, -0.25) is 14.3 Å². The molecule has 7 heteroatoms. The van der Waals surface area contributed by atoms with E-state index in [1.807, 2.05) is 19.1 Å². The van der Waals surface area contributed by atoms with Gasteiger partial charge in [0.2, 0.25) is 0 Å². The number of aryl methyl sites for hydroxylation is 1. The number of amides is 1. The highest BCUT2D eigenvalue weighted by atomic mass is 16.5. The number of hydrogen-bond donors (Lipinski definition) is 2. The van der Waals surface area contributed by atoms with Gasteiger partial charge in [0.25, 0.3) is 5.91 Å². The Bertz CT molecular complexity index is 780. The Morgan fingerprint density at radius 2 is 2.29 bits per heavy atom. The van der Waals surface area contributed by atoms with Crippen LogP contribution in [-0.2, 0) is 9.53 Å². The van der Waals surface area contributed by atoms with Crippen molar-refractivity contribution >= 4 is 11.6 Å². The van der Waals surface area contributed by atoms with Crippen LogP contribution in [0.3, 0.4) is 0 Å². The Labute approximate surface area is 140 Å². The number of imidazole rings is 1.